The summed E-state index contributed by atoms with van der Waals surface area (Å²) in [6, 6.07) is 18.9. The minimum atomic E-state index is -0.288. The van der Waals surface area contributed by atoms with Gasteiger partial charge in [-0.2, -0.15) is 5.26 Å². The zero-order chi connectivity index (χ0) is 41.9. The van der Waals surface area contributed by atoms with E-state index in [2.05, 4.69) is 102 Å². The van der Waals surface area contributed by atoms with E-state index in [4.69, 9.17) is 21.8 Å². The maximum absolute atomic E-state index is 14.1. The van der Waals surface area contributed by atoms with Crippen molar-refractivity contribution in [1.29, 1.82) is 5.26 Å². The molecule has 4 rings (SSSR count). The molecule has 7 nitrogen and oxygen atoms in total. The molecule has 1 atom stereocenters. The lowest BCUT2D eigenvalue weighted by molar-refractivity contribution is 0.541. The van der Waals surface area contributed by atoms with Gasteiger partial charge in [0.05, 0.1) is 17.5 Å². The third-order valence-corrected chi connectivity index (χ3v) is 10.6. The van der Waals surface area contributed by atoms with E-state index < -0.39 is 0 Å². The van der Waals surface area contributed by atoms with E-state index in [1.165, 1.54) is 84.7 Å². The van der Waals surface area contributed by atoms with Gasteiger partial charge in [-0.15, -0.1) is 16.9 Å². The number of hydrazine groups is 1. The second kappa shape index (κ2) is 29.2. The highest BCUT2D eigenvalue weighted by Crippen LogP contribution is 2.28. The molecule has 0 aliphatic carbocycles. The van der Waals surface area contributed by atoms with Gasteiger partial charge in [0.25, 0.3) is 0 Å². The molecule has 3 aromatic rings. The quantitative estimate of drug-likeness (QED) is 0.0374. The number of amidine groups is 1. The number of aromatic nitrogens is 1. The van der Waals surface area contributed by atoms with Crippen molar-refractivity contribution in [3.8, 4) is 6.07 Å². The molecular weight excluding hydrogens is 714 g/mol. The van der Waals surface area contributed by atoms with Crippen LogP contribution in [0.5, 0.6) is 0 Å². The number of nitrogens with one attached hydrogen (secondary N) is 2. The van der Waals surface area contributed by atoms with Crippen LogP contribution >= 0.6 is 11.8 Å². The number of thioether (sulfide) groups is 1. The fourth-order valence-corrected chi connectivity index (χ4v) is 6.88. The summed E-state index contributed by atoms with van der Waals surface area (Å²) < 4.78 is 14.1. The summed E-state index contributed by atoms with van der Waals surface area (Å²) in [5, 5.41) is 15.7. The first kappa shape index (κ1) is 49.9. The van der Waals surface area contributed by atoms with Crippen molar-refractivity contribution in [2.45, 2.75) is 145 Å². The highest BCUT2D eigenvalue weighted by atomic mass is 32.2. The summed E-state index contributed by atoms with van der Waals surface area (Å²) in [7, 11) is 0. The van der Waals surface area contributed by atoms with E-state index >= 15 is 0 Å². The lowest BCUT2D eigenvalue weighted by Crippen LogP contribution is -2.23. The summed E-state index contributed by atoms with van der Waals surface area (Å²) in [6.45, 7) is 21.7. The summed E-state index contributed by atoms with van der Waals surface area (Å²) >= 11 is 1.93. The zero-order valence-electron chi connectivity index (χ0n) is 36.1. The Bertz CT molecular complexity index is 1690. The van der Waals surface area contributed by atoms with Gasteiger partial charge in [0.1, 0.15) is 5.82 Å². The minimum absolute atomic E-state index is 0.272. The van der Waals surface area contributed by atoms with E-state index in [9.17, 15) is 4.39 Å². The topological polar surface area (TPSA) is 125 Å². The van der Waals surface area contributed by atoms with Gasteiger partial charge in [0, 0.05) is 34.0 Å². The van der Waals surface area contributed by atoms with Crippen LogP contribution in [0.2, 0.25) is 0 Å². The summed E-state index contributed by atoms with van der Waals surface area (Å²) in [4.78, 5) is 6.46. The van der Waals surface area contributed by atoms with Gasteiger partial charge >= 0.3 is 0 Å². The predicted molar refractivity (Wildman–Crippen MR) is 241 cm³/mol. The second-order valence-corrected chi connectivity index (χ2v) is 16.1. The van der Waals surface area contributed by atoms with Crippen LogP contribution in [-0.4, -0.2) is 16.7 Å². The van der Waals surface area contributed by atoms with Gasteiger partial charge < -0.3 is 11.1 Å². The van der Waals surface area contributed by atoms with Crippen LogP contribution in [0, 0.1) is 36.9 Å². The number of hydrogen-bond donors (Lipinski definition) is 4. The normalized spacial score (nSPS) is 12.9. The van der Waals surface area contributed by atoms with Crippen molar-refractivity contribution in [1.82, 2.24) is 15.8 Å². The molecule has 1 aromatic heterocycles. The molecule has 6 N–H and O–H groups in total. The number of rotatable bonds is 16. The Labute approximate surface area is 344 Å². The molecule has 2 aromatic carbocycles. The number of nitrogens with zero attached hydrogens (tertiary/aromatic N) is 3. The van der Waals surface area contributed by atoms with E-state index in [-0.39, 0.29) is 11.7 Å². The van der Waals surface area contributed by atoms with Crippen molar-refractivity contribution in [2.24, 2.45) is 22.6 Å². The standard InChI is InChI=1S/C23H29FN2.C9H14N4.C8H16.C7H13NS/c1-4-7-20(8-5-2)23-10-6-9-22(26-23)17(3)11-13-19-14-12-18(16-25)15-21(19)24;1-6-3-4-8(5-7(6)2)9(10)12-13-11;1-5-8(4)6-7(2)3;1-2-3-4-7-5-8-6-9-7/h6,9-10,12,14-15,17,20H,4-5,7-8,11,13H2,1-3H3;3-5,13H,11H2,1-2H3,(H2,10,12);5,7H,6H2,1-4H3;5,8H,2-4,6H2,1H3/b;;8-5+;. The number of nitrogens with two attached hydrogens (primary N) is 2. The number of hydrazone groups is 1. The Morgan fingerprint density at radius 3 is 2.20 bits per heavy atom. The number of benzene rings is 2. The molecule has 56 heavy (non-hydrogen) atoms. The lowest BCUT2D eigenvalue weighted by atomic mass is 9.92. The summed E-state index contributed by atoms with van der Waals surface area (Å²) in [5.41, 5.74) is 15.9. The summed E-state index contributed by atoms with van der Waals surface area (Å²) in [5.74, 6) is 7.82. The van der Waals surface area contributed by atoms with Crippen molar-refractivity contribution in [3.05, 3.63) is 122 Å². The monoisotopic (exact) mass is 786 g/mol. The largest absolute Gasteiger partial charge is 0.382 e. The first-order chi connectivity index (χ1) is 26.8. The van der Waals surface area contributed by atoms with Crippen LogP contribution < -0.4 is 22.4 Å². The molecule has 0 fully saturated rings. The van der Waals surface area contributed by atoms with Gasteiger partial charge in [-0.1, -0.05) is 96.7 Å². The number of halogens is 1. The molecule has 0 spiro atoms. The Kier molecular flexibility index (Phi) is 26.0. The Morgan fingerprint density at radius 2 is 1.68 bits per heavy atom. The third-order valence-electron chi connectivity index (χ3n) is 9.61. The minimum Gasteiger partial charge on any atom is -0.382 e. The first-order valence-corrected chi connectivity index (χ1v) is 21.5. The zero-order valence-corrected chi connectivity index (χ0v) is 37.0. The molecule has 1 aliphatic rings. The predicted octanol–water partition coefficient (Wildman–Crippen LogP) is 12.2. The van der Waals surface area contributed by atoms with Crippen molar-refractivity contribution < 1.29 is 4.39 Å². The van der Waals surface area contributed by atoms with Crippen LogP contribution in [0.4, 0.5) is 4.39 Å². The fraction of sp³-hybridized carbons (Fsp3) is 0.511. The smallest absolute Gasteiger partial charge is 0.152 e. The maximum Gasteiger partial charge on any atom is 0.152 e. The van der Waals surface area contributed by atoms with Gasteiger partial charge in [-0.25, -0.2) is 15.8 Å². The average Bonchev–Trinajstić information content (AvgIpc) is 3.72. The molecule has 308 valence electrons. The molecule has 9 heteroatoms. The van der Waals surface area contributed by atoms with Crippen LogP contribution in [0.25, 0.3) is 0 Å². The Morgan fingerprint density at radius 1 is 0.982 bits per heavy atom. The lowest BCUT2D eigenvalue weighted by Gasteiger charge is -2.18. The number of nitriles is 1. The van der Waals surface area contributed by atoms with Crippen LogP contribution in [0.3, 0.4) is 0 Å². The SMILES string of the molecule is C/C=C(\C)CC(C)C.CCCC(CCC)c1cccc(C(C)CCc2ccc(C#N)cc2F)n1.CCCCC1=CNCS1.Cc1ccc(/C(N)=N/NN)cc1C. The number of unbranched alkanes of at least 4 members (excludes halogenated alkanes) is 1. The molecule has 0 amide bonds. The number of allylic oxidation sites excluding steroid dienone is 3. The van der Waals surface area contributed by atoms with E-state index in [1.807, 2.05) is 49.9 Å². The second-order valence-electron chi connectivity index (χ2n) is 15.0. The molecule has 0 radical (unpaired) electrons. The highest BCUT2D eigenvalue weighted by Gasteiger charge is 2.15. The van der Waals surface area contributed by atoms with Gasteiger partial charge in [-0.3, -0.25) is 4.98 Å². The molecule has 1 unspecified atom stereocenters. The van der Waals surface area contributed by atoms with E-state index in [0.29, 0.717) is 29.3 Å². The van der Waals surface area contributed by atoms with E-state index in [1.54, 1.807) is 12.1 Å². The van der Waals surface area contributed by atoms with Crippen LogP contribution in [0.15, 0.2) is 82.5 Å². The average molecular weight is 786 g/mol. The number of aryl methyl sites for hydroxylation is 3. The van der Waals surface area contributed by atoms with E-state index in [0.717, 1.165) is 29.5 Å². The van der Waals surface area contributed by atoms with Crippen molar-refractivity contribution in [2.75, 3.05) is 5.88 Å². The third kappa shape index (κ3) is 20.2. The van der Waals surface area contributed by atoms with Crippen molar-refractivity contribution >= 4 is 17.6 Å². The Balaban J connectivity index is 0.000000431. The van der Waals surface area contributed by atoms with Gasteiger partial charge in [0.2, 0.25) is 0 Å². The molecular formula is C47H72FN7S. The van der Waals surface area contributed by atoms with Crippen LogP contribution in [-0.2, 0) is 6.42 Å². The maximum atomic E-state index is 14.1. The summed E-state index contributed by atoms with van der Waals surface area (Å²) in [6.07, 6.45) is 15.7. The number of hydrogen-bond acceptors (Lipinski definition) is 7. The van der Waals surface area contributed by atoms with Crippen LogP contribution in [0.1, 0.15) is 164 Å². The molecule has 0 bridgehead atoms. The van der Waals surface area contributed by atoms with Gasteiger partial charge in [0.15, 0.2) is 5.84 Å². The molecule has 0 saturated carbocycles. The van der Waals surface area contributed by atoms with Crippen molar-refractivity contribution in [3.63, 3.8) is 0 Å². The fourth-order valence-electron chi connectivity index (χ4n) is 6.07. The first-order valence-electron chi connectivity index (χ1n) is 20.5. The van der Waals surface area contributed by atoms with Gasteiger partial charge in [-0.05, 0) is 131 Å². The molecule has 2 heterocycles. The number of pyridine rings is 1. The molecule has 1 aliphatic heterocycles. The Hall–Kier alpha value is -4.13. The molecule has 0 saturated heterocycles. The highest BCUT2D eigenvalue weighted by molar-refractivity contribution is 8.03.